The summed E-state index contributed by atoms with van der Waals surface area (Å²) >= 11 is 0. The highest BCUT2D eigenvalue weighted by atomic mass is 16.5. The maximum Gasteiger partial charge on any atom is 0.270 e. The van der Waals surface area contributed by atoms with E-state index in [4.69, 9.17) is 9.47 Å². The van der Waals surface area contributed by atoms with Crippen LogP contribution in [-0.4, -0.2) is 47.0 Å². The Balaban J connectivity index is 1.56. The molecule has 0 spiro atoms. The number of hydrogen-bond donors (Lipinski definition) is 0. The molecule has 31 heavy (non-hydrogen) atoms. The maximum absolute atomic E-state index is 13.1. The minimum Gasteiger partial charge on any atom is -0.484 e. The summed E-state index contributed by atoms with van der Waals surface area (Å²) in [5.74, 6) is 0.582. The second-order valence-corrected chi connectivity index (χ2v) is 7.56. The van der Waals surface area contributed by atoms with Gasteiger partial charge in [0.2, 0.25) is 0 Å². The number of carbonyl (C=O) groups is 1. The van der Waals surface area contributed by atoms with Gasteiger partial charge < -0.3 is 14.4 Å². The third-order valence-electron chi connectivity index (χ3n) is 5.56. The van der Waals surface area contributed by atoms with Gasteiger partial charge in [0.15, 0.2) is 6.61 Å². The highest BCUT2D eigenvalue weighted by molar-refractivity contribution is 5.78. The normalized spacial score (nSPS) is 13.1. The Morgan fingerprint density at radius 1 is 1.00 bits per heavy atom. The standard InChI is InChI=1S/C24H27N3O4/c1-30-15-14-26-24(29)21-12-13-25(23(28)18-31-20-10-6-3-7-11-20)17-22(21)27(26)16-19-8-4-2-5-9-19/h2-11H,12-18H2,1H3. The summed E-state index contributed by atoms with van der Waals surface area (Å²) in [6.45, 7) is 2.38. The number of hydrogen-bond acceptors (Lipinski definition) is 4. The molecule has 0 saturated carbocycles. The fourth-order valence-corrected chi connectivity index (χ4v) is 3.93. The lowest BCUT2D eigenvalue weighted by Gasteiger charge is -2.28. The maximum atomic E-state index is 13.1. The van der Waals surface area contributed by atoms with Crippen molar-refractivity contribution in [2.24, 2.45) is 0 Å². The Labute approximate surface area is 181 Å². The summed E-state index contributed by atoms with van der Waals surface area (Å²) in [6.07, 6.45) is 0.542. The smallest absolute Gasteiger partial charge is 0.270 e. The third-order valence-corrected chi connectivity index (χ3v) is 5.56. The van der Waals surface area contributed by atoms with Crippen LogP contribution in [0.5, 0.6) is 5.75 Å². The molecule has 7 nitrogen and oxygen atoms in total. The van der Waals surface area contributed by atoms with Gasteiger partial charge in [0.1, 0.15) is 5.75 Å². The summed E-state index contributed by atoms with van der Waals surface area (Å²) in [5, 5.41) is 0. The van der Waals surface area contributed by atoms with E-state index < -0.39 is 0 Å². The zero-order valence-electron chi connectivity index (χ0n) is 17.7. The van der Waals surface area contributed by atoms with Crippen molar-refractivity contribution >= 4 is 5.91 Å². The molecule has 0 bridgehead atoms. The molecule has 0 atom stereocenters. The number of benzene rings is 2. The van der Waals surface area contributed by atoms with E-state index in [9.17, 15) is 9.59 Å². The van der Waals surface area contributed by atoms with Crippen LogP contribution in [0.25, 0.3) is 0 Å². The van der Waals surface area contributed by atoms with Crippen LogP contribution >= 0.6 is 0 Å². The number of nitrogens with zero attached hydrogens (tertiary/aromatic N) is 3. The SMILES string of the molecule is COCCn1c(=O)c2c(n1Cc1ccccc1)CN(C(=O)COc1ccccc1)CC2. The van der Waals surface area contributed by atoms with Gasteiger partial charge in [-0.15, -0.1) is 0 Å². The minimum atomic E-state index is -0.0853. The Morgan fingerprint density at radius 2 is 1.71 bits per heavy atom. The van der Waals surface area contributed by atoms with Crippen molar-refractivity contribution in [2.45, 2.75) is 26.1 Å². The average molecular weight is 421 g/mol. The highest BCUT2D eigenvalue weighted by Crippen LogP contribution is 2.19. The molecule has 2 heterocycles. The topological polar surface area (TPSA) is 65.7 Å². The monoisotopic (exact) mass is 421 g/mol. The van der Waals surface area contributed by atoms with E-state index in [0.29, 0.717) is 45.0 Å². The minimum absolute atomic E-state index is 0.00983. The van der Waals surface area contributed by atoms with Crippen LogP contribution in [0.15, 0.2) is 65.5 Å². The van der Waals surface area contributed by atoms with Crippen LogP contribution in [0.2, 0.25) is 0 Å². The van der Waals surface area contributed by atoms with Gasteiger partial charge in [-0.2, -0.15) is 0 Å². The number of fused-ring (bicyclic) bond motifs is 1. The second-order valence-electron chi connectivity index (χ2n) is 7.56. The number of amides is 1. The molecule has 1 aliphatic heterocycles. The molecule has 0 radical (unpaired) electrons. The number of rotatable bonds is 8. The van der Waals surface area contributed by atoms with Crippen LogP contribution in [0, 0.1) is 0 Å². The van der Waals surface area contributed by atoms with E-state index in [-0.39, 0.29) is 18.1 Å². The Kier molecular flexibility index (Phi) is 6.52. The highest BCUT2D eigenvalue weighted by Gasteiger charge is 2.28. The average Bonchev–Trinajstić information content (AvgIpc) is 3.07. The first kappa shape index (κ1) is 20.9. The lowest BCUT2D eigenvalue weighted by Crippen LogP contribution is -2.40. The van der Waals surface area contributed by atoms with Gasteiger partial charge in [-0.25, -0.2) is 4.68 Å². The predicted octanol–water partition coefficient (Wildman–Crippen LogP) is 2.31. The fourth-order valence-electron chi connectivity index (χ4n) is 3.93. The lowest BCUT2D eigenvalue weighted by molar-refractivity contribution is -0.134. The molecule has 1 amide bonds. The molecular weight excluding hydrogens is 394 g/mol. The number of ether oxygens (including phenoxy) is 2. The predicted molar refractivity (Wildman–Crippen MR) is 117 cm³/mol. The van der Waals surface area contributed by atoms with Gasteiger partial charge >= 0.3 is 0 Å². The molecule has 4 rings (SSSR count). The fraction of sp³-hybridized carbons (Fsp3) is 0.333. The van der Waals surface area contributed by atoms with Crippen molar-refractivity contribution in [2.75, 3.05) is 26.9 Å². The second kappa shape index (κ2) is 9.66. The lowest BCUT2D eigenvalue weighted by atomic mass is 10.1. The Bertz CT molecular complexity index is 1070. The van der Waals surface area contributed by atoms with Crippen molar-refractivity contribution in [3.8, 4) is 5.75 Å². The summed E-state index contributed by atoms with van der Waals surface area (Å²) in [7, 11) is 1.63. The van der Waals surface area contributed by atoms with Crippen LogP contribution in [0.3, 0.4) is 0 Å². The van der Waals surface area contributed by atoms with E-state index in [0.717, 1.165) is 16.8 Å². The Morgan fingerprint density at radius 3 is 2.42 bits per heavy atom. The van der Waals surface area contributed by atoms with E-state index in [1.54, 1.807) is 16.7 Å². The summed E-state index contributed by atoms with van der Waals surface area (Å²) in [5.41, 5.74) is 2.79. The quantitative estimate of drug-likeness (QED) is 0.560. The first-order valence-electron chi connectivity index (χ1n) is 10.5. The van der Waals surface area contributed by atoms with Crippen molar-refractivity contribution < 1.29 is 14.3 Å². The van der Waals surface area contributed by atoms with Gasteiger partial charge in [0, 0.05) is 19.2 Å². The van der Waals surface area contributed by atoms with Crippen molar-refractivity contribution in [3.63, 3.8) is 0 Å². The molecule has 0 aliphatic carbocycles. The van der Waals surface area contributed by atoms with Gasteiger partial charge in [-0.1, -0.05) is 48.5 Å². The van der Waals surface area contributed by atoms with Crippen molar-refractivity contribution in [3.05, 3.63) is 87.8 Å². The molecule has 0 unspecified atom stereocenters. The molecule has 0 fully saturated rings. The zero-order valence-corrected chi connectivity index (χ0v) is 17.7. The molecule has 7 heteroatoms. The molecule has 0 N–H and O–H groups in total. The number of methoxy groups -OCH3 is 1. The molecule has 1 aromatic heterocycles. The van der Waals surface area contributed by atoms with E-state index in [2.05, 4.69) is 0 Å². The first-order valence-corrected chi connectivity index (χ1v) is 10.5. The van der Waals surface area contributed by atoms with Crippen LogP contribution in [0.4, 0.5) is 0 Å². The third kappa shape index (κ3) is 4.72. The molecule has 0 saturated heterocycles. The number of para-hydroxylation sites is 1. The molecule has 162 valence electrons. The molecule has 2 aromatic carbocycles. The van der Waals surface area contributed by atoms with Gasteiger partial charge in [0.25, 0.3) is 11.5 Å². The largest absolute Gasteiger partial charge is 0.484 e. The summed E-state index contributed by atoms with van der Waals surface area (Å²) in [4.78, 5) is 27.6. The van der Waals surface area contributed by atoms with E-state index in [1.807, 2.05) is 65.3 Å². The van der Waals surface area contributed by atoms with E-state index >= 15 is 0 Å². The van der Waals surface area contributed by atoms with Crippen molar-refractivity contribution in [1.82, 2.24) is 14.3 Å². The summed E-state index contributed by atoms with van der Waals surface area (Å²) in [6, 6.07) is 19.3. The molecule has 1 aliphatic rings. The summed E-state index contributed by atoms with van der Waals surface area (Å²) < 4.78 is 14.6. The van der Waals surface area contributed by atoms with Gasteiger partial charge in [-0.05, 0) is 24.1 Å². The number of carbonyl (C=O) groups excluding carboxylic acids is 1. The molecular formula is C24H27N3O4. The first-order chi connectivity index (χ1) is 15.2. The van der Waals surface area contributed by atoms with Crippen LogP contribution in [0.1, 0.15) is 16.8 Å². The van der Waals surface area contributed by atoms with Gasteiger partial charge in [-0.3, -0.25) is 14.3 Å². The van der Waals surface area contributed by atoms with E-state index in [1.165, 1.54) is 0 Å². The van der Waals surface area contributed by atoms with Gasteiger partial charge in [0.05, 0.1) is 31.9 Å². The number of aromatic nitrogens is 2. The van der Waals surface area contributed by atoms with Crippen LogP contribution < -0.4 is 10.3 Å². The molecule has 3 aromatic rings. The van der Waals surface area contributed by atoms with Crippen LogP contribution in [-0.2, 0) is 35.6 Å². The Hall–Kier alpha value is -3.32. The van der Waals surface area contributed by atoms with Crippen molar-refractivity contribution in [1.29, 1.82) is 0 Å². The zero-order chi connectivity index (χ0) is 21.6.